The molecule has 5 rings (SSSR count). The maximum atomic E-state index is 12.9. The molecular formula is C24H28N4O3S. The minimum absolute atomic E-state index is 0.0575. The third-order valence-corrected chi connectivity index (χ3v) is 7.04. The van der Waals surface area contributed by atoms with Crippen LogP contribution >= 0.6 is 11.3 Å². The minimum atomic E-state index is -0.0575. The number of amides is 1. The number of likely N-dealkylation sites (tertiary alicyclic amines) is 1. The summed E-state index contributed by atoms with van der Waals surface area (Å²) in [5.41, 5.74) is 0.809. The standard InChI is InChI=1S/C24H28N4O3S/c29-24(25-18-9-11-20(12-10-18)30-19-6-1-2-7-19)17-5-3-13-28(15-17)16-22-26-23(27-31-22)21-8-4-14-32-21/h4,8-12,14,17,19H,1-3,5-7,13,15-16H2,(H,25,29). The summed E-state index contributed by atoms with van der Waals surface area (Å²) in [5, 5.41) is 9.15. The number of thiophene rings is 1. The van der Waals surface area contributed by atoms with Crippen LogP contribution in [0.1, 0.15) is 44.4 Å². The number of ether oxygens (including phenoxy) is 1. The van der Waals surface area contributed by atoms with Crippen molar-refractivity contribution in [3.8, 4) is 16.5 Å². The Morgan fingerprint density at radius 3 is 2.78 bits per heavy atom. The van der Waals surface area contributed by atoms with Crippen molar-refractivity contribution in [1.82, 2.24) is 15.0 Å². The summed E-state index contributed by atoms with van der Waals surface area (Å²) in [4.78, 5) is 20.6. The lowest BCUT2D eigenvalue weighted by atomic mass is 9.97. The number of anilines is 1. The number of carbonyl (C=O) groups is 1. The van der Waals surface area contributed by atoms with Crippen molar-refractivity contribution in [2.45, 2.75) is 51.2 Å². The quantitative estimate of drug-likeness (QED) is 0.545. The van der Waals surface area contributed by atoms with E-state index in [9.17, 15) is 4.79 Å². The van der Waals surface area contributed by atoms with E-state index in [1.165, 1.54) is 12.8 Å². The molecule has 2 aromatic heterocycles. The second-order valence-electron chi connectivity index (χ2n) is 8.60. The average molecular weight is 453 g/mol. The molecule has 2 aliphatic rings. The van der Waals surface area contributed by atoms with Gasteiger partial charge in [-0.2, -0.15) is 4.98 Å². The number of hydrogen-bond donors (Lipinski definition) is 1. The van der Waals surface area contributed by atoms with Gasteiger partial charge in [-0.05, 0) is 80.8 Å². The van der Waals surface area contributed by atoms with Crippen molar-refractivity contribution in [3.05, 3.63) is 47.7 Å². The Balaban J connectivity index is 1.13. The molecule has 3 heterocycles. The Hall–Kier alpha value is -2.71. The number of rotatable bonds is 7. The molecule has 0 spiro atoms. The highest BCUT2D eigenvalue weighted by Crippen LogP contribution is 2.26. The van der Waals surface area contributed by atoms with Gasteiger partial charge in [-0.3, -0.25) is 9.69 Å². The van der Waals surface area contributed by atoms with Gasteiger partial charge in [0.25, 0.3) is 0 Å². The average Bonchev–Trinajstić information content (AvgIpc) is 3.58. The topological polar surface area (TPSA) is 80.5 Å². The normalized spacial score (nSPS) is 19.8. The predicted octanol–water partition coefficient (Wildman–Crippen LogP) is 4.97. The van der Waals surface area contributed by atoms with Gasteiger partial charge >= 0.3 is 0 Å². The van der Waals surface area contributed by atoms with Crippen molar-refractivity contribution in [2.75, 3.05) is 18.4 Å². The van der Waals surface area contributed by atoms with Gasteiger partial charge in [0, 0.05) is 12.2 Å². The van der Waals surface area contributed by atoms with Crippen molar-refractivity contribution in [2.24, 2.45) is 5.92 Å². The second-order valence-corrected chi connectivity index (χ2v) is 9.55. The van der Waals surface area contributed by atoms with Gasteiger partial charge in [0.2, 0.25) is 17.6 Å². The summed E-state index contributed by atoms with van der Waals surface area (Å²) in [5.74, 6) is 2.09. The van der Waals surface area contributed by atoms with E-state index in [4.69, 9.17) is 9.26 Å². The zero-order valence-corrected chi connectivity index (χ0v) is 18.9. The van der Waals surface area contributed by atoms with E-state index in [-0.39, 0.29) is 11.8 Å². The van der Waals surface area contributed by atoms with Crippen LogP contribution in [0.15, 0.2) is 46.3 Å². The second kappa shape index (κ2) is 9.83. The Kier molecular flexibility index (Phi) is 6.50. The Morgan fingerprint density at radius 2 is 2.00 bits per heavy atom. The Bertz CT molecular complexity index is 1010. The maximum Gasteiger partial charge on any atom is 0.241 e. The molecule has 1 N–H and O–H groups in total. The van der Waals surface area contributed by atoms with Crippen molar-refractivity contribution in [1.29, 1.82) is 0 Å². The lowest BCUT2D eigenvalue weighted by Gasteiger charge is -2.30. The fourth-order valence-electron chi connectivity index (χ4n) is 4.49. The third kappa shape index (κ3) is 5.19. The highest BCUT2D eigenvalue weighted by molar-refractivity contribution is 7.13. The first-order valence-electron chi connectivity index (χ1n) is 11.4. The van der Waals surface area contributed by atoms with Gasteiger partial charge in [-0.15, -0.1) is 11.3 Å². The number of hydrogen-bond acceptors (Lipinski definition) is 7. The molecule has 7 nitrogen and oxygen atoms in total. The van der Waals surface area contributed by atoms with E-state index in [2.05, 4.69) is 20.4 Å². The summed E-state index contributed by atoms with van der Waals surface area (Å²) >= 11 is 1.59. The molecule has 1 aliphatic heterocycles. The van der Waals surface area contributed by atoms with Crippen LogP contribution in [0.4, 0.5) is 5.69 Å². The third-order valence-electron chi connectivity index (χ3n) is 6.17. The van der Waals surface area contributed by atoms with Crippen LogP contribution in [-0.4, -0.2) is 40.1 Å². The van der Waals surface area contributed by atoms with Gasteiger partial charge in [-0.25, -0.2) is 0 Å². The van der Waals surface area contributed by atoms with Crippen LogP contribution in [0.25, 0.3) is 10.7 Å². The molecular weight excluding hydrogens is 424 g/mol. The first-order valence-corrected chi connectivity index (χ1v) is 12.3. The molecule has 1 amide bonds. The summed E-state index contributed by atoms with van der Waals surface area (Å²) in [6, 6.07) is 11.7. The van der Waals surface area contributed by atoms with E-state index in [0.29, 0.717) is 30.9 Å². The fraction of sp³-hybridized carbons (Fsp3) is 0.458. The maximum absolute atomic E-state index is 12.9. The molecule has 0 radical (unpaired) electrons. The van der Waals surface area contributed by atoms with E-state index >= 15 is 0 Å². The van der Waals surface area contributed by atoms with E-state index in [1.54, 1.807) is 11.3 Å². The number of nitrogens with one attached hydrogen (secondary N) is 1. The minimum Gasteiger partial charge on any atom is -0.490 e. The highest BCUT2D eigenvalue weighted by Gasteiger charge is 2.27. The fourth-order valence-corrected chi connectivity index (χ4v) is 5.14. The van der Waals surface area contributed by atoms with Crippen LogP contribution in [-0.2, 0) is 11.3 Å². The van der Waals surface area contributed by atoms with Gasteiger partial charge in [-0.1, -0.05) is 11.2 Å². The van der Waals surface area contributed by atoms with Crippen molar-refractivity contribution < 1.29 is 14.1 Å². The highest BCUT2D eigenvalue weighted by atomic mass is 32.1. The number of nitrogens with zero attached hydrogens (tertiary/aromatic N) is 3. The molecule has 168 valence electrons. The Morgan fingerprint density at radius 1 is 1.16 bits per heavy atom. The Labute approximate surface area is 191 Å². The first kappa shape index (κ1) is 21.2. The largest absolute Gasteiger partial charge is 0.490 e. The van der Waals surface area contributed by atoms with Crippen molar-refractivity contribution >= 4 is 22.9 Å². The van der Waals surface area contributed by atoms with Crippen LogP contribution in [0.5, 0.6) is 5.75 Å². The van der Waals surface area contributed by atoms with Crippen molar-refractivity contribution in [3.63, 3.8) is 0 Å². The summed E-state index contributed by atoms with van der Waals surface area (Å²) in [7, 11) is 0. The van der Waals surface area contributed by atoms with E-state index < -0.39 is 0 Å². The van der Waals surface area contributed by atoms with Crippen LogP contribution in [0.3, 0.4) is 0 Å². The van der Waals surface area contributed by atoms with E-state index in [0.717, 1.165) is 48.5 Å². The van der Waals surface area contributed by atoms with Crippen LogP contribution in [0.2, 0.25) is 0 Å². The molecule has 32 heavy (non-hydrogen) atoms. The number of aromatic nitrogens is 2. The van der Waals surface area contributed by atoms with Gasteiger partial charge in [0.1, 0.15) is 5.75 Å². The van der Waals surface area contributed by atoms with E-state index in [1.807, 2.05) is 41.8 Å². The van der Waals surface area contributed by atoms with Crippen LogP contribution in [0, 0.1) is 5.92 Å². The molecule has 1 aliphatic carbocycles. The molecule has 1 saturated carbocycles. The smallest absolute Gasteiger partial charge is 0.241 e. The monoisotopic (exact) mass is 452 g/mol. The molecule has 8 heteroatoms. The lowest BCUT2D eigenvalue weighted by Crippen LogP contribution is -2.40. The molecule has 1 atom stereocenters. The SMILES string of the molecule is O=C(Nc1ccc(OC2CCCC2)cc1)C1CCCN(Cc2nc(-c3cccs3)no2)C1. The number of piperidine rings is 1. The molecule has 1 unspecified atom stereocenters. The number of benzene rings is 1. The zero-order valence-electron chi connectivity index (χ0n) is 18.0. The summed E-state index contributed by atoms with van der Waals surface area (Å²) < 4.78 is 11.4. The van der Waals surface area contributed by atoms with Gasteiger partial charge in [0.15, 0.2) is 0 Å². The van der Waals surface area contributed by atoms with Gasteiger partial charge in [0.05, 0.1) is 23.4 Å². The lowest BCUT2D eigenvalue weighted by molar-refractivity contribution is -0.121. The molecule has 3 aromatic rings. The molecule has 0 bridgehead atoms. The number of carbonyl (C=O) groups excluding carboxylic acids is 1. The predicted molar refractivity (Wildman–Crippen MR) is 124 cm³/mol. The molecule has 1 aromatic carbocycles. The van der Waals surface area contributed by atoms with Gasteiger partial charge < -0.3 is 14.6 Å². The van der Waals surface area contributed by atoms with Crippen LogP contribution < -0.4 is 10.1 Å². The first-order chi connectivity index (χ1) is 15.7. The summed E-state index contributed by atoms with van der Waals surface area (Å²) in [6.07, 6.45) is 6.96. The zero-order chi connectivity index (χ0) is 21.8. The molecule has 2 fully saturated rings. The molecule has 1 saturated heterocycles. The summed E-state index contributed by atoms with van der Waals surface area (Å²) in [6.45, 7) is 2.18.